The zero-order chi connectivity index (χ0) is 9.40. The summed E-state index contributed by atoms with van der Waals surface area (Å²) in [5.74, 6) is -0.296. The van der Waals surface area contributed by atoms with Gasteiger partial charge in [0.05, 0.1) is 7.11 Å². The van der Waals surface area contributed by atoms with Gasteiger partial charge in [0.1, 0.15) is 0 Å². The first kappa shape index (κ1) is 11.0. The molecule has 0 aromatic rings. The van der Waals surface area contributed by atoms with Gasteiger partial charge < -0.3 is 4.74 Å². The maximum Gasteiger partial charge on any atom is 0.333 e. The third-order valence-electron chi connectivity index (χ3n) is 1.56. The average Bonchev–Trinajstić information content (AvgIpc) is 2.10. The van der Waals surface area contributed by atoms with Gasteiger partial charge in [0, 0.05) is 5.57 Å². The van der Waals surface area contributed by atoms with Crippen molar-refractivity contribution in [1.82, 2.24) is 0 Å². The Morgan fingerprint density at radius 2 is 2.25 bits per heavy atom. The topological polar surface area (TPSA) is 26.3 Å². The Labute approximate surface area is 73.9 Å². The van der Waals surface area contributed by atoms with Gasteiger partial charge in [0.2, 0.25) is 0 Å². The molecule has 0 atom stereocenters. The molecule has 0 bridgehead atoms. The summed E-state index contributed by atoms with van der Waals surface area (Å²) in [6.07, 6.45) is 6.74. The van der Waals surface area contributed by atoms with E-state index in [9.17, 15) is 4.79 Å². The number of carbonyl (C=O) groups is 1. The number of ether oxygens (including phenoxy) is 1. The molecule has 0 aromatic carbocycles. The van der Waals surface area contributed by atoms with Crippen LogP contribution >= 0.6 is 0 Å². The van der Waals surface area contributed by atoms with Crippen LogP contribution in [0, 0.1) is 0 Å². The fourth-order valence-corrected chi connectivity index (χ4v) is 0.846. The number of methoxy groups -OCH3 is 1. The van der Waals surface area contributed by atoms with Crippen LogP contribution in [0.2, 0.25) is 0 Å². The van der Waals surface area contributed by atoms with E-state index in [1.165, 1.54) is 7.11 Å². The molecule has 0 aliphatic rings. The van der Waals surface area contributed by atoms with Crippen molar-refractivity contribution in [3.8, 4) is 0 Å². The highest BCUT2D eigenvalue weighted by molar-refractivity contribution is 5.87. The lowest BCUT2D eigenvalue weighted by Crippen LogP contribution is -2.02. The van der Waals surface area contributed by atoms with E-state index in [1.54, 1.807) is 0 Å². The van der Waals surface area contributed by atoms with Crippen LogP contribution in [-0.4, -0.2) is 13.1 Å². The third-order valence-corrected chi connectivity index (χ3v) is 1.56. The third kappa shape index (κ3) is 4.72. The van der Waals surface area contributed by atoms with Gasteiger partial charge in [-0.1, -0.05) is 18.7 Å². The summed E-state index contributed by atoms with van der Waals surface area (Å²) in [4.78, 5) is 10.8. The number of esters is 1. The van der Waals surface area contributed by atoms with Gasteiger partial charge >= 0.3 is 5.97 Å². The summed E-state index contributed by atoms with van der Waals surface area (Å²) < 4.78 is 4.51. The standard InChI is InChI=1S/C10H16O2/c1-4-5-6-7-8-9(2)10(11)12-3/h4-5H,2,6-8H2,1,3H3. The van der Waals surface area contributed by atoms with Gasteiger partial charge in [-0.05, 0) is 26.2 Å². The minimum atomic E-state index is -0.296. The van der Waals surface area contributed by atoms with Gasteiger partial charge in [-0.2, -0.15) is 0 Å². The summed E-state index contributed by atoms with van der Waals surface area (Å²) in [6.45, 7) is 5.61. The largest absolute Gasteiger partial charge is 0.466 e. The molecular formula is C10H16O2. The molecule has 0 fully saturated rings. The van der Waals surface area contributed by atoms with Gasteiger partial charge in [-0.3, -0.25) is 0 Å². The second-order valence-corrected chi connectivity index (χ2v) is 2.56. The van der Waals surface area contributed by atoms with Crippen molar-refractivity contribution in [2.24, 2.45) is 0 Å². The van der Waals surface area contributed by atoms with E-state index in [0.717, 1.165) is 19.3 Å². The molecule has 0 saturated heterocycles. The van der Waals surface area contributed by atoms with Crippen molar-refractivity contribution in [1.29, 1.82) is 0 Å². The fourth-order valence-electron chi connectivity index (χ4n) is 0.846. The number of allylic oxidation sites excluding steroid dienone is 2. The molecule has 0 unspecified atom stereocenters. The fraction of sp³-hybridized carbons (Fsp3) is 0.500. The number of unbranched alkanes of at least 4 members (excludes halogenated alkanes) is 1. The summed E-state index contributed by atoms with van der Waals surface area (Å²) in [5.41, 5.74) is 0.557. The molecule has 0 saturated carbocycles. The lowest BCUT2D eigenvalue weighted by Gasteiger charge is -2.00. The zero-order valence-corrected chi connectivity index (χ0v) is 7.80. The Bertz CT molecular complexity index is 180. The monoisotopic (exact) mass is 168 g/mol. The molecule has 0 aliphatic heterocycles. The Kier molecular flexibility index (Phi) is 6.07. The Morgan fingerprint density at radius 3 is 2.75 bits per heavy atom. The minimum absolute atomic E-state index is 0.296. The van der Waals surface area contributed by atoms with Crippen molar-refractivity contribution in [2.75, 3.05) is 7.11 Å². The van der Waals surface area contributed by atoms with Gasteiger partial charge in [-0.25, -0.2) is 4.79 Å². The minimum Gasteiger partial charge on any atom is -0.466 e. The molecule has 0 rings (SSSR count). The lowest BCUT2D eigenvalue weighted by molar-refractivity contribution is -0.136. The summed E-state index contributed by atoms with van der Waals surface area (Å²) >= 11 is 0. The quantitative estimate of drug-likeness (QED) is 0.273. The van der Waals surface area contributed by atoms with E-state index in [1.807, 2.05) is 13.0 Å². The molecule has 2 nitrogen and oxygen atoms in total. The van der Waals surface area contributed by atoms with E-state index < -0.39 is 0 Å². The smallest absolute Gasteiger partial charge is 0.333 e. The van der Waals surface area contributed by atoms with Crippen LogP contribution in [0.15, 0.2) is 24.3 Å². The van der Waals surface area contributed by atoms with Gasteiger partial charge in [-0.15, -0.1) is 0 Å². The van der Waals surface area contributed by atoms with Crippen LogP contribution in [0.25, 0.3) is 0 Å². The molecule has 0 aliphatic carbocycles. The predicted molar refractivity (Wildman–Crippen MR) is 49.8 cm³/mol. The summed E-state index contributed by atoms with van der Waals surface area (Å²) in [5, 5.41) is 0. The van der Waals surface area contributed by atoms with Crippen LogP contribution in [-0.2, 0) is 9.53 Å². The number of carbonyl (C=O) groups excluding carboxylic acids is 1. The molecule has 0 radical (unpaired) electrons. The van der Waals surface area contributed by atoms with Crippen molar-refractivity contribution < 1.29 is 9.53 Å². The highest BCUT2D eigenvalue weighted by atomic mass is 16.5. The van der Waals surface area contributed by atoms with Crippen molar-refractivity contribution >= 4 is 5.97 Å². The average molecular weight is 168 g/mol. The second-order valence-electron chi connectivity index (χ2n) is 2.56. The highest BCUT2D eigenvalue weighted by Crippen LogP contribution is 2.06. The number of hydrogen-bond donors (Lipinski definition) is 0. The number of hydrogen-bond acceptors (Lipinski definition) is 2. The van der Waals surface area contributed by atoms with Crippen molar-refractivity contribution in [3.63, 3.8) is 0 Å². The van der Waals surface area contributed by atoms with Gasteiger partial charge in [0.15, 0.2) is 0 Å². The summed E-state index contributed by atoms with van der Waals surface area (Å²) in [6, 6.07) is 0. The van der Waals surface area contributed by atoms with Crippen LogP contribution in [0.1, 0.15) is 26.2 Å². The van der Waals surface area contributed by atoms with E-state index in [2.05, 4.69) is 17.4 Å². The second kappa shape index (κ2) is 6.65. The highest BCUT2D eigenvalue weighted by Gasteiger charge is 2.04. The van der Waals surface area contributed by atoms with E-state index in [0.29, 0.717) is 5.57 Å². The Morgan fingerprint density at radius 1 is 1.58 bits per heavy atom. The molecular weight excluding hydrogens is 152 g/mol. The molecule has 0 heterocycles. The SMILES string of the molecule is C=C(CCCC=CC)C(=O)OC. The van der Waals surface area contributed by atoms with Crippen LogP contribution in [0.3, 0.4) is 0 Å². The number of rotatable bonds is 5. The van der Waals surface area contributed by atoms with Crippen molar-refractivity contribution in [3.05, 3.63) is 24.3 Å². The predicted octanol–water partition coefficient (Wildman–Crippen LogP) is 2.46. The van der Waals surface area contributed by atoms with E-state index in [-0.39, 0.29) is 5.97 Å². The van der Waals surface area contributed by atoms with Crippen LogP contribution in [0.5, 0.6) is 0 Å². The molecule has 2 heteroatoms. The molecule has 68 valence electrons. The van der Waals surface area contributed by atoms with Gasteiger partial charge in [0.25, 0.3) is 0 Å². The van der Waals surface area contributed by atoms with E-state index in [4.69, 9.17) is 0 Å². The molecule has 12 heavy (non-hydrogen) atoms. The first-order valence-corrected chi connectivity index (χ1v) is 4.09. The molecule has 0 amide bonds. The first-order chi connectivity index (χ1) is 5.72. The van der Waals surface area contributed by atoms with Crippen molar-refractivity contribution in [2.45, 2.75) is 26.2 Å². The summed E-state index contributed by atoms with van der Waals surface area (Å²) in [7, 11) is 1.37. The van der Waals surface area contributed by atoms with Crippen LogP contribution < -0.4 is 0 Å². The zero-order valence-electron chi connectivity index (χ0n) is 7.80. The van der Waals surface area contributed by atoms with Crippen LogP contribution in [0.4, 0.5) is 0 Å². The molecule has 0 aromatic heterocycles. The Hall–Kier alpha value is -1.05. The normalized spacial score (nSPS) is 10.2. The molecule has 0 N–H and O–H groups in total. The maximum absolute atomic E-state index is 10.8. The lowest BCUT2D eigenvalue weighted by atomic mass is 10.1. The van der Waals surface area contributed by atoms with E-state index >= 15 is 0 Å². The Balaban J connectivity index is 3.51. The first-order valence-electron chi connectivity index (χ1n) is 4.09. The molecule has 0 spiro atoms. The maximum atomic E-state index is 10.8.